The molecular formula is C15H22N2O3S. The molecule has 2 fully saturated rings. The van der Waals surface area contributed by atoms with Crippen molar-refractivity contribution in [3.63, 3.8) is 0 Å². The minimum Gasteiger partial charge on any atom is -0.495 e. The molecule has 5 nitrogen and oxygen atoms in total. The van der Waals surface area contributed by atoms with E-state index in [9.17, 15) is 8.42 Å². The van der Waals surface area contributed by atoms with Crippen LogP contribution in [0.25, 0.3) is 0 Å². The van der Waals surface area contributed by atoms with Crippen molar-refractivity contribution >= 4 is 10.0 Å². The summed E-state index contributed by atoms with van der Waals surface area (Å²) in [6.07, 6.45) is 4.53. The first-order valence-corrected chi connectivity index (χ1v) is 8.93. The van der Waals surface area contributed by atoms with Crippen molar-refractivity contribution in [1.82, 2.24) is 4.72 Å². The number of hydrogen-bond acceptors (Lipinski definition) is 4. The SMILES string of the molecule is COc1cc(CN)ccc1S(=O)(=O)NC(C1CC1)C1CC1. The summed E-state index contributed by atoms with van der Waals surface area (Å²) in [6, 6.07) is 5.10. The lowest BCUT2D eigenvalue weighted by Crippen LogP contribution is -2.38. The first kappa shape index (κ1) is 14.8. The third-order valence-corrected chi connectivity index (χ3v) is 5.80. The number of sulfonamides is 1. The number of methoxy groups -OCH3 is 1. The van der Waals surface area contributed by atoms with Gasteiger partial charge in [0.15, 0.2) is 0 Å². The minimum absolute atomic E-state index is 0.0916. The van der Waals surface area contributed by atoms with Crippen LogP contribution in [0.1, 0.15) is 31.2 Å². The molecule has 1 aromatic carbocycles. The Morgan fingerprint density at radius 3 is 2.38 bits per heavy atom. The largest absolute Gasteiger partial charge is 0.495 e. The Kier molecular flexibility index (Phi) is 3.94. The lowest BCUT2D eigenvalue weighted by molar-refractivity contribution is 0.400. The zero-order valence-corrected chi connectivity index (χ0v) is 13.0. The van der Waals surface area contributed by atoms with E-state index in [0.29, 0.717) is 24.1 Å². The lowest BCUT2D eigenvalue weighted by Gasteiger charge is -2.19. The number of ether oxygens (including phenoxy) is 1. The van der Waals surface area contributed by atoms with Crippen LogP contribution in [0.3, 0.4) is 0 Å². The Balaban J connectivity index is 1.86. The van der Waals surface area contributed by atoms with Crippen LogP contribution in [-0.4, -0.2) is 21.6 Å². The predicted molar refractivity (Wildman–Crippen MR) is 80.4 cm³/mol. The van der Waals surface area contributed by atoms with Crippen LogP contribution in [0.4, 0.5) is 0 Å². The van der Waals surface area contributed by atoms with Gasteiger partial charge in [0, 0.05) is 12.6 Å². The van der Waals surface area contributed by atoms with Gasteiger partial charge in [0.2, 0.25) is 10.0 Å². The van der Waals surface area contributed by atoms with Crippen molar-refractivity contribution in [2.45, 2.75) is 43.2 Å². The highest BCUT2D eigenvalue weighted by Crippen LogP contribution is 2.45. The van der Waals surface area contributed by atoms with E-state index in [-0.39, 0.29) is 10.9 Å². The van der Waals surface area contributed by atoms with Crippen molar-refractivity contribution in [2.24, 2.45) is 17.6 Å². The maximum atomic E-state index is 12.7. The van der Waals surface area contributed by atoms with Crippen molar-refractivity contribution in [1.29, 1.82) is 0 Å². The summed E-state index contributed by atoms with van der Waals surface area (Å²) in [5.74, 6) is 1.39. The maximum Gasteiger partial charge on any atom is 0.244 e. The number of hydrogen-bond donors (Lipinski definition) is 2. The minimum atomic E-state index is -3.55. The topological polar surface area (TPSA) is 81.4 Å². The average molecular weight is 310 g/mol. The molecule has 0 radical (unpaired) electrons. The molecule has 1 aromatic rings. The van der Waals surface area contributed by atoms with E-state index in [1.54, 1.807) is 18.2 Å². The molecule has 3 N–H and O–H groups in total. The number of nitrogens with two attached hydrogens (primary N) is 1. The summed E-state index contributed by atoms with van der Waals surface area (Å²) in [4.78, 5) is 0.202. The van der Waals surface area contributed by atoms with E-state index < -0.39 is 10.0 Å². The summed E-state index contributed by atoms with van der Waals surface area (Å²) in [6.45, 7) is 0.358. The van der Waals surface area contributed by atoms with Crippen LogP contribution in [-0.2, 0) is 16.6 Å². The molecule has 116 valence electrons. The Bertz CT molecular complexity index is 610. The van der Waals surface area contributed by atoms with Crippen LogP contribution >= 0.6 is 0 Å². The van der Waals surface area contributed by atoms with Crippen LogP contribution in [0.15, 0.2) is 23.1 Å². The lowest BCUT2D eigenvalue weighted by atomic mass is 10.1. The maximum absolute atomic E-state index is 12.7. The van der Waals surface area contributed by atoms with Gasteiger partial charge in [0.05, 0.1) is 7.11 Å². The van der Waals surface area contributed by atoms with Crippen molar-refractivity contribution in [3.05, 3.63) is 23.8 Å². The van der Waals surface area contributed by atoms with Gasteiger partial charge in [-0.1, -0.05) is 6.07 Å². The quantitative estimate of drug-likeness (QED) is 0.802. The van der Waals surface area contributed by atoms with E-state index in [4.69, 9.17) is 10.5 Å². The summed E-state index contributed by atoms with van der Waals surface area (Å²) in [5.41, 5.74) is 6.44. The van der Waals surface area contributed by atoms with Gasteiger partial charge < -0.3 is 10.5 Å². The molecule has 0 amide bonds. The molecule has 2 saturated carbocycles. The first-order valence-electron chi connectivity index (χ1n) is 7.44. The zero-order chi connectivity index (χ0) is 15.0. The van der Waals surface area contributed by atoms with E-state index in [1.165, 1.54) is 7.11 Å². The third-order valence-electron chi connectivity index (χ3n) is 4.30. The fraction of sp³-hybridized carbons (Fsp3) is 0.600. The Hall–Kier alpha value is -1.11. The summed E-state index contributed by atoms with van der Waals surface area (Å²) in [5, 5.41) is 0. The summed E-state index contributed by atoms with van der Waals surface area (Å²) in [7, 11) is -2.07. The van der Waals surface area contributed by atoms with E-state index in [1.807, 2.05) is 0 Å². The number of benzene rings is 1. The average Bonchev–Trinajstić information content (AvgIpc) is 3.37. The van der Waals surface area contributed by atoms with Gasteiger partial charge in [-0.25, -0.2) is 13.1 Å². The van der Waals surface area contributed by atoms with Gasteiger partial charge in [0.25, 0.3) is 0 Å². The summed E-state index contributed by atoms with van der Waals surface area (Å²) < 4.78 is 33.5. The Labute approximate surface area is 125 Å². The van der Waals surface area contributed by atoms with Crippen LogP contribution in [0.2, 0.25) is 0 Å². The molecule has 0 bridgehead atoms. The molecular weight excluding hydrogens is 288 g/mol. The molecule has 3 rings (SSSR count). The number of nitrogens with one attached hydrogen (secondary N) is 1. The highest BCUT2D eigenvalue weighted by atomic mass is 32.2. The molecule has 2 aliphatic carbocycles. The molecule has 0 saturated heterocycles. The molecule has 21 heavy (non-hydrogen) atoms. The van der Waals surface area contributed by atoms with Gasteiger partial charge in [-0.2, -0.15) is 0 Å². The second-order valence-electron chi connectivity index (χ2n) is 6.01. The molecule has 0 atom stereocenters. The second-order valence-corrected chi connectivity index (χ2v) is 7.69. The molecule has 0 aliphatic heterocycles. The van der Waals surface area contributed by atoms with Crippen molar-refractivity contribution in [2.75, 3.05) is 7.11 Å². The number of rotatable bonds is 7. The van der Waals surface area contributed by atoms with Crippen LogP contribution in [0, 0.1) is 11.8 Å². The van der Waals surface area contributed by atoms with Crippen LogP contribution in [0.5, 0.6) is 5.75 Å². The van der Waals surface area contributed by atoms with Gasteiger partial charge in [0.1, 0.15) is 10.6 Å². The smallest absolute Gasteiger partial charge is 0.244 e. The Morgan fingerprint density at radius 1 is 1.29 bits per heavy atom. The predicted octanol–water partition coefficient (Wildman–Crippen LogP) is 1.62. The molecule has 0 heterocycles. The van der Waals surface area contributed by atoms with Gasteiger partial charge in [-0.3, -0.25) is 0 Å². The highest BCUT2D eigenvalue weighted by Gasteiger charge is 2.43. The Morgan fingerprint density at radius 2 is 1.90 bits per heavy atom. The molecule has 2 aliphatic rings. The molecule has 0 aromatic heterocycles. The van der Waals surface area contributed by atoms with Crippen LogP contribution < -0.4 is 15.2 Å². The van der Waals surface area contributed by atoms with Gasteiger partial charge in [-0.05, 0) is 55.2 Å². The fourth-order valence-electron chi connectivity index (χ4n) is 2.79. The summed E-state index contributed by atoms with van der Waals surface area (Å²) >= 11 is 0. The van der Waals surface area contributed by atoms with E-state index in [2.05, 4.69) is 4.72 Å². The molecule has 0 unspecified atom stereocenters. The normalized spacial score (nSPS) is 19.0. The third kappa shape index (κ3) is 3.22. The fourth-order valence-corrected chi connectivity index (χ4v) is 4.32. The highest BCUT2D eigenvalue weighted by molar-refractivity contribution is 7.89. The standard InChI is InChI=1S/C15H22N2O3S/c1-20-13-8-10(9-16)2-7-14(13)21(18,19)17-15(11-3-4-11)12-5-6-12/h2,7-8,11-12,15,17H,3-6,9,16H2,1H3. The molecule has 0 spiro atoms. The van der Waals surface area contributed by atoms with Gasteiger partial charge >= 0.3 is 0 Å². The second kappa shape index (κ2) is 5.59. The molecule has 6 heteroatoms. The van der Waals surface area contributed by atoms with E-state index >= 15 is 0 Å². The van der Waals surface area contributed by atoms with E-state index in [0.717, 1.165) is 31.2 Å². The van der Waals surface area contributed by atoms with Crippen molar-refractivity contribution < 1.29 is 13.2 Å². The van der Waals surface area contributed by atoms with Crippen molar-refractivity contribution in [3.8, 4) is 5.75 Å². The zero-order valence-electron chi connectivity index (χ0n) is 12.2. The monoisotopic (exact) mass is 310 g/mol. The first-order chi connectivity index (χ1) is 10.0. The van der Waals surface area contributed by atoms with Gasteiger partial charge in [-0.15, -0.1) is 0 Å².